The van der Waals surface area contributed by atoms with E-state index in [4.69, 9.17) is 30.5 Å². The van der Waals surface area contributed by atoms with Gasteiger partial charge in [-0.15, -0.1) is 5.10 Å². The number of aromatic nitrogens is 3. The smallest absolute Gasteiger partial charge is 0.244 e. The normalized spacial score (nSPS) is 12.3. The van der Waals surface area contributed by atoms with E-state index in [1.807, 2.05) is 54.6 Å². The average Bonchev–Trinajstić information content (AvgIpc) is 3.63. The molecule has 0 spiro atoms. The number of amides is 1. The molecule has 1 amide bonds. The van der Waals surface area contributed by atoms with Crippen LogP contribution < -0.4 is 24.3 Å². The van der Waals surface area contributed by atoms with Gasteiger partial charge in [0.2, 0.25) is 12.7 Å². The number of carbonyl (C=O) groups is 1. The Labute approximate surface area is 230 Å². The van der Waals surface area contributed by atoms with Crippen molar-refractivity contribution in [2.24, 2.45) is 0 Å². The fourth-order valence-electron chi connectivity index (χ4n) is 3.79. The Morgan fingerprint density at radius 1 is 1.08 bits per heavy atom. The third-order valence-electron chi connectivity index (χ3n) is 5.75. The number of ether oxygens (including phenoxy) is 4. The largest absolute Gasteiger partial charge is 0.493 e. The van der Waals surface area contributed by atoms with Crippen molar-refractivity contribution in [2.75, 3.05) is 13.9 Å². The van der Waals surface area contributed by atoms with Crippen molar-refractivity contribution in [3.8, 4) is 28.7 Å². The number of rotatable bonds is 10. The van der Waals surface area contributed by atoms with Gasteiger partial charge in [-0.05, 0) is 47.5 Å². The molecule has 1 N–H and O–H groups in total. The molecule has 0 saturated carbocycles. The van der Waals surface area contributed by atoms with Crippen LogP contribution >= 0.6 is 11.6 Å². The molecular formula is C29H25ClN4O5. The van der Waals surface area contributed by atoms with Crippen LogP contribution in [0.25, 0.3) is 11.8 Å². The molecule has 1 aliphatic rings. The lowest BCUT2D eigenvalue weighted by atomic mass is 10.2. The molecule has 3 aromatic carbocycles. The number of nitrogens with zero attached hydrogens (tertiary/aromatic N) is 3. The zero-order valence-corrected chi connectivity index (χ0v) is 21.8. The average molecular weight is 545 g/mol. The van der Waals surface area contributed by atoms with Gasteiger partial charge in [0.25, 0.3) is 0 Å². The molecule has 198 valence electrons. The van der Waals surface area contributed by atoms with Gasteiger partial charge in [-0.3, -0.25) is 4.79 Å². The Bertz CT molecular complexity index is 1530. The Morgan fingerprint density at radius 3 is 2.82 bits per heavy atom. The van der Waals surface area contributed by atoms with E-state index in [9.17, 15) is 4.79 Å². The molecule has 9 nitrogen and oxygen atoms in total. The predicted octanol–water partition coefficient (Wildman–Crippen LogP) is 5.12. The van der Waals surface area contributed by atoms with Crippen LogP contribution in [0.2, 0.25) is 5.02 Å². The number of halogens is 1. The highest BCUT2D eigenvalue weighted by Gasteiger charge is 2.12. The summed E-state index contributed by atoms with van der Waals surface area (Å²) in [5.74, 6) is 2.32. The highest BCUT2D eigenvalue weighted by molar-refractivity contribution is 6.32. The molecule has 0 saturated heterocycles. The molecule has 1 aliphatic heterocycles. The summed E-state index contributed by atoms with van der Waals surface area (Å²) < 4.78 is 23.7. The van der Waals surface area contributed by atoms with Crippen LogP contribution in [0.5, 0.6) is 23.0 Å². The molecule has 0 unspecified atom stereocenters. The molecule has 10 heteroatoms. The van der Waals surface area contributed by atoms with Gasteiger partial charge >= 0.3 is 0 Å². The number of benzene rings is 3. The minimum Gasteiger partial charge on any atom is -0.493 e. The SMILES string of the molecule is COc1cc(CNC(=O)/C=C/C=C/c2ccc3c(c2)OCO3)ccc1OCc1cn(-c2ccccc2Cl)nn1. The van der Waals surface area contributed by atoms with E-state index in [2.05, 4.69) is 15.6 Å². The Kier molecular flexibility index (Phi) is 8.09. The molecule has 4 aromatic rings. The van der Waals surface area contributed by atoms with E-state index in [1.165, 1.54) is 6.08 Å². The Hall–Kier alpha value is -4.76. The fraction of sp³-hybridized carbons (Fsp3) is 0.138. The summed E-state index contributed by atoms with van der Waals surface area (Å²) in [5.41, 5.74) is 3.18. The van der Waals surface area contributed by atoms with E-state index in [-0.39, 0.29) is 19.3 Å². The number of para-hydroxylation sites is 1. The quantitative estimate of drug-likeness (QED) is 0.218. The summed E-state index contributed by atoms with van der Waals surface area (Å²) in [5, 5.41) is 11.7. The van der Waals surface area contributed by atoms with Crippen LogP contribution in [0.3, 0.4) is 0 Å². The predicted molar refractivity (Wildman–Crippen MR) is 146 cm³/mol. The number of fused-ring (bicyclic) bond motifs is 1. The number of allylic oxidation sites excluding steroid dienone is 2. The summed E-state index contributed by atoms with van der Waals surface area (Å²) in [6.45, 7) is 0.763. The minimum atomic E-state index is -0.216. The van der Waals surface area contributed by atoms with E-state index in [1.54, 1.807) is 42.3 Å². The number of hydrogen-bond acceptors (Lipinski definition) is 7. The van der Waals surface area contributed by atoms with Gasteiger partial charge in [-0.1, -0.05) is 59.3 Å². The lowest BCUT2D eigenvalue weighted by molar-refractivity contribution is -0.116. The van der Waals surface area contributed by atoms with E-state index in [0.29, 0.717) is 34.5 Å². The number of methoxy groups -OCH3 is 1. The summed E-state index contributed by atoms with van der Waals surface area (Å²) in [7, 11) is 1.56. The zero-order valence-electron chi connectivity index (χ0n) is 21.0. The maximum Gasteiger partial charge on any atom is 0.244 e. The third-order valence-corrected chi connectivity index (χ3v) is 6.07. The third kappa shape index (κ3) is 6.58. The van der Waals surface area contributed by atoms with Crippen LogP contribution in [-0.2, 0) is 17.9 Å². The van der Waals surface area contributed by atoms with Gasteiger partial charge in [0.1, 0.15) is 12.3 Å². The Balaban J connectivity index is 1.12. The summed E-state index contributed by atoms with van der Waals surface area (Å²) in [6.07, 6.45) is 8.58. The van der Waals surface area contributed by atoms with Crippen LogP contribution in [0.4, 0.5) is 0 Å². The topological polar surface area (TPSA) is 96.7 Å². The first-order valence-electron chi connectivity index (χ1n) is 12.1. The molecule has 5 rings (SSSR count). The summed E-state index contributed by atoms with van der Waals surface area (Å²) in [4.78, 5) is 12.2. The van der Waals surface area contributed by atoms with Crippen molar-refractivity contribution in [1.29, 1.82) is 0 Å². The highest BCUT2D eigenvalue weighted by Crippen LogP contribution is 2.33. The van der Waals surface area contributed by atoms with E-state index >= 15 is 0 Å². The first kappa shape index (κ1) is 25.9. The van der Waals surface area contributed by atoms with Crippen molar-refractivity contribution in [3.63, 3.8) is 0 Å². The first-order valence-corrected chi connectivity index (χ1v) is 12.4. The standard InChI is InChI=1S/C29H25ClN4O5/c1-36-27-15-21(16-31-29(35)9-5-2-6-20-10-12-26-28(14-20)39-19-38-26)11-13-25(27)37-18-22-17-34(33-32-22)24-8-4-3-7-23(24)30/h2-15,17H,16,18-19H2,1H3,(H,31,35)/b6-2+,9-5+. The maximum absolute atomic E-state index is 12.2. The van der Waals surface area contributed by atoms with Crippen LogP contribution in [0.15, 0.2) is 85.1 Å². The van der Waals surface area contributed by atoms with Crippen LogP contribution in [-0.4, -0.2) is 34.8 Å². The molecule has 0 aliphatic carbocycles. The van der Waals surface area contributed by atoms with Crippen molar-refractivity contribution in [1.82, 2.24) is 20.3 Å². The lowest BCUT2D eigenvalue weighted by Crippen LogP contribution is -2.20. The number of hydrogen-bond donors (Lipinski definition) is 1. The lowest BCUT2D eigenvalue weighted by Gasteiger charge is -2.11. The number of carbonyl (C=O) groups excluding carboxylic acids is 1. The van der Waals surface area contributed by atoms with Crippen LogP contribution in [0, 0.1) is 0 Å². The maximum atomic E-state index is 12.2. The molecular weight excluding hydrogens is 520 g/mol. The number of nitrogens with one attached hydrogen (secondary N) is 1. The van der Waals surface area contributed by atoms with Crippen molar-refractivity contribution >= 4 is 23.6 Å². The van der Waals surface area contributed by atoms with Gasteiger partial charge in [-0.2, -0.15) is 0 Å². The molecule has 39 heavy (non-hydrogen) atoms. The highest BCUT2D eigenvalue weighted by atomic mass is 35.5. The van der Waals surface area contributed by atoms with Gasteiger partial charge in [0.05, 0.1) is 24.0 Å². The van der Waals surface area contributed by atoms with Crippen molar-refractivity contribution < 1.29 is 23.7 Å². The second-order valence-electron chi connectivity index (χ2n) is 8.43. The second kappa shape index (κ2) is 12.2. The van der Waals surface area contributed by atoms with Crippen LogP contribution in [0.1, 0.15) is 16.8 Å². The minimum absolute atomic E-state index is 0.196. The fourth-order valence-corrected chi connectivity index (χ4v) is 4.01. The summed E-state index contributed by atoms with van der Waals surface area (Å²) >= 11 is 6.23. The second-order valence-corrected chi connectivity index (χ2v) is 8.84. The molecule has 2 heterocycles. The molecule has 0 radical (unpaired) electrons. The van der Waals surface area contributed by atoms with Gasteiger partial charge in [0, 0.05) is 12.6 Å². The monoisotopic (exact) mass is 544 g/mol. The van der Waals surface area contributed by atoms with Gasteiger partial charge in [0.15, 0.2) is 23.0 Å². The van der Waals surface area contributed by atoms with Crippen molar-refractivity contribution in [3.05, 3.63) is 107 Å². The molecule has 0 fully saturated rings. The van der Waals surface area contributed by atoms with Gasteiger partial charge < -0.3 is 24.3 Å². The van der Waals surface area contributed by atoms with Crippen molar-refractivity contribution in [2.45, 2.75) is 13.2 Å². The van der Waals surface area contributed by atoms with E-state index in [0.717, 1.165) is 22.6 Å². The Morgan fingerprint density at radius 2 is 1.95 bits per heavy atom. The summed E-state index contributed by atoms with van der Waals surface area (Å²) in [6, 6.07) is 18.5. The first-order chi connectivity index (χ1) is 19.1. The molecule has 1 aromatic heterocycles. The zero-order chi connectivity index (χ0) is 27.0. The molecule has 0 bridgehead atoms. The molecule has 0 atom stereocenters. The van der Waals surface area contributed by atoms with E-state index < -0.39 is 0 Å². The van der Waals surface area contributed by atoms with Gasteiger partial charge in [-0.25, -0.2) is 4.68 Å².